The van der Waals surface area contributed by atoms with Gasteiger partial charge in [0.05, 0.1) is 12.7 Å². The fourth-order valence-corrected chi connectivity index (χ4v) is 2.93. The van der Waals surface area contributed by atoms with Crippen molar-refractivity contribution in [3.05, 3.63) is 48.8 Å². The topological polar surface area (TPSA) is 71.5 Å². The van der Waals surface area contributed by atoms with Crippen LogP contribution in [-0.2, 0) is 9.59 Å². The summed E-state index contributed by atoms with van der Waals surface area (Å²) < 4.78 is 5.82. The first-order chi connectivity index (χ1) is 12.7. The quantitative estimate of drug-likeness (QED) is 0.891. The molecule has 2 heterocycles. The molecule has 6 heteroatoms. The van der Waals surface area contributed by atoms with Crippen molar-refractivity contribution < 1.29 is 14.3 Å². The van der Waals surface area contributed by atoms with E-state index in [0.29, 0.717) is 30.2 Å². The highest BCUT2D eigenvalue weighted by Crippen LogP contribution is 2.28. The number of para-hydroxylation sites is 1. The van der Waals surface area contributed by atoms with Crippen molar-refractivity contribution in [2.24, 2.45) is 0 Å². The lowest BCUT2D eigenvalue weighted by Crippen LogP contribution is -2.39. The molecule has 3 rings (SSSR count). The molecule has 0 bridgehead atoms. The molecule has 1 aromatic heterocycles. The molecule has 2 aromatic rings. The van der Waals surface area contributed by atoms with Crippen molar-refractivity contribution >= 4 is 17.5 Å². The molecule has 1 aliphatic rings. The van der Waals surface area contributed by atoms with E-state index in [2.05, 4.69) is 10.3 Å². The van der Waals surface area contributed by atoms with Gasteiger partial charge in [0, 0.05) is 25.2 Å². The van der Waals surface area contributed by atoms with E-state index in [1.807, 2.05) is 30.3 Å². The van der Waals surface area contributed by atoms with Crippen molar-refractivity contribution in [1.29, 1.82) is 0 Å². The molecular formula is C20H23N3O3. The predicted molar refractivity (Wildman–Crippen MR) is 99.0 cm³/mol. The number of nitrogens with one attached hydrogen (secondary N) is 1. The summed E-state index contributed by atoms with van der Waals surface area (Å²) in [4.78, 5) is 30.3. The second-order valence-corrected chi connectivity index (χ2v) is 6.31. The fraction of sp³-hybridized carbons (Fsp3) is 0.350. The molecule has 0 radical (unpaired) electrons. The minimum absolute atomic E-state index is 0.0480. The van der Waals surface area contributed by atoms with Crippen LogP contribution in [0.15, 0.2) is 48.8 Å². The first kappa shape index (κ1) is 17.9. The number of hydrogen-bond acceptors (Lipinski definition) is 4. The third kappa shape index (κ3) is 5.05. The van der Waals surface area contributed by atoms with Crippen LogP contribution in [0.4, 0.5) is 5.69 Å². The van der Waals surface area contributed by atoms with Crippen molar-refractivity contribution in [2.45, 2.75) is 32.1 Å². The Morgan fingerprint density at radius 1 is 1.12 bits per heavy atom. The van der Waals surface area contributed by atoms with Gasteiger partial charge in [-0.2, -0.15) is 0 Å². The minimum Gasteiger partial charge on any atom is -0.455 e. The van der Waals surface area contributed by atoms with Gasteiger partial charge >= 0.3 is 0 Å². The van der Waals surface area contributed by atoms with Crippen molar-refractivity contribution in [3.63, 3.8) is 0 Å². The third-order valence-electron chi connectivity index (χ3n) is 4.28. The van der Waals surface area contributed by atoms with E-state index in [1.165, 1.54) is 0 Å². The maximum Gasteiger partial charge on any atom is 0.244 e. The number of hydrogen-bond donors (Lipinski definition) is 1. The smallest absolute Gasteiger partial charge is 0.244 e. The van der Waals surface area contributed by atoms with Crippen LogP contribution in [0.5, 0.6) is 11.5 Å². The summed E-state index contributed by atoms with van der Waals surface area (Å²) in [6.45, 7) is 0.686. The first-order valence-electron chi connectivity index (χ1n) is 8.97. The number of amides is 2. The van der Waals surface area contributed by atoms with Crippen LogP contribution in [0.3, 0.4) is 0 Å². The van der Waals surface area contributed by atoms with Crippen LogP contribution in [0.2, 0.25) is 0 Å². The van der Waals surface area contributed by atoms with E-state index in [9.17, 15) is 9.59 Å². The first-order valence-corrected chi connectivity index (χ1v) is 8.97. The molecule has 0 saturated carbocycles. The van der Waals surface area contributed by atoms with Crippen molar-refractivity contribution in [1.82, 2.24) is 9.88 Å². The minimum atomic E-state index is -0.246. The van der Waals surface area contributed by atoms with Crippen LogP contribution in [0, 0.1) is 0 Å². The zero-order valence-electron chi connectivity index (χ0n) is 14.7. The molecular weight excluding hydrogens is 330 g/mol. The molecule has 1 aliphatic heterocycles. The summed E-state index contributed by atoms with van der Waals surface area (Å²) in [6, 6.07) is 11.0. The van der Waals surface area contributed by atoms with Gasteiger partial charge in [-0.1, -0.05) is 31.0 Å². The number of carbonyl (C=O) groups excluding carboxylic acids is 2. The van der Waals surface area contributed by atoms with Gasteiger partial charge in [0.1, 0.15) is 11.4 Å². The summed E-state index contributed by atoms with van der Waals surface area (Å²) in [7, 11) is 0. The van der Waals surface area contributed by atoms with Gasteiger partial charge in [-0.05, 0) is 25.0 Å². The SMILES string of the molecule is O=C(CN1CCCCCCC1=O)Nc1cnccc1Oc1ccccc1. The van der Waals surface area contributed by atoms with E-state index in [4.69, 9.17) is 4.74 Å². The summed E-state index contributed by atoms with van der Waals surface area (Å²) in [6.07, 6.45) is 7.69. The van der Waals surface area contributed by atoms with Gasteiger partial charge in [-0.15, -0.1) is 0 Å². The number of aromatic nitrogens is 1. The Morgan fingerprint density at radius 2 is 1.92 bits per heavy atom. The van der Waals surface area contributed by atoms with E-state index < -0.39 is 0 Å². The molecule has 1 N–H and O–H groups in total. The molecule has 26 heavy (non-hydrogen) atoms. The Labute approximate surface area is 153 Å². The Morgan fingerprint density at radius 3 is 2.77 bits per heavy atom. The van der Waals surface area contributed by atoms with E-state index in [1.54, 1.807) is 23.4 Å². The maximum atomic E-state index is 12.4. The highest BCUT2D eigenvalue weighted by Gasteiger charge is 2.19. The largest absolute Gasteiger partial charge is 0.455 e. The van der Waals surface area contributed by atoms with E-state index in [-0.39, 0.29) is 18.4 Å². The number of rotatable bonds is 5. The van der Waals surface area contributed by atoms with Crippen LogP contribution in [-0.4, -0.2) is 34.8 Å². The molecule has 0 atom stereocenters. The Balaban J connectivity index is 1.64. The van der Waals surface area contributed by atoms with Gasteiger partial charge in [0.25, 0.3) is 0 Å². The Kier molecular flexibility index (Phi) is 6.19. The monoisotopic (exact) mass is 353 g/mol. The van der Waals surface area contributed by atoms with Crippen LogP contribution < -0.4 is 10.1 Å². The van der Waals surface area contributed by atoms with E-state index in [0.717, 1.165) is 25.7 Å². The van der Waals surface area contributed by atoms with Crippen LogP contribution >= 0.6 is 0 Å². The summed E-state index contributed by atoms with van der Waals surface area (Å²) in [5.74, 6) is 0.989. The number of pyridine rings is 1. The maximum absolute atomic E-state index is 12.4. The standard InChI is InChI=1S/C20H23N3O3/c24-19(15-23-13-7-2-1-6-10-20(23)25)22-17-14-21-12-11-18(17)26-16-8-4-3-5-9-16/h3-5,8-9,11-12,14H,1-2,6-7,10,13,15H2,(H,22,24). The van der Waals surface area contributed by atoms with Gasteiger partial charge in [0.2, 0.25) is 11.8 Å². The predicted octanol–water partition coefficient (Wildman–Crippen LogP) is 3.61. The van der Waals surface area contributed by atoms with Gasteiger partial charge in [0.15, 0.2) is 5.75 Å². The average Bonchev–Trinajstić information content (AvgIpc) is 2.64. The Hall–Kier alpha value is -2.89. The summed E-state index contributed by atoms with van der Waals surface area (Å²) in [5, 5.41) is 2.81. The lowest BCUT2D eigenvalue weighted by Gasteiger charge is -2.24. The van der Waals surface area contributed by atoms with E-state index >= 15 is 0 Å². The summed E-state index contributed by atoms with van der Waals surface area (Å²) >= 11 is 0. The molecule has 0 spiro atoms. The van der Waals surface area contributed by atoms with Crippen molar-refractivity contribution in [3.8, 4) is 11.5 Å². The molecule has 0 unspecified atom stereocenters. The average molecular weight is 353 g/mol. The number of anilines is 1. The zero-order chi connectivity index (χ0) is 18.2. The normalized spacial score (nSPS) is 15.1. The molecule has 6 nitrogen and oxygen atoms in total. The fourth-order valence-electron chi connectivity index (χ4n) is 2.93. The Bertz CT molecular complexity index is 749. The number of nitrogens with zero attached hydrogens (tertiary/aromatic N) is 2. The molecule has 1 saturated heterocycles. The lowest BCUT2D eigenvalue weighted by atomic mass is 10.1. The van der Waals surface area contributed by atoms with Crippen LogP contribution in [0.25, 0.3) is 0 Å². The highest BCUT2D eigenvalue weighted by molar-refractivity contribution is 5.95. The van der Waals surface area contributed by atoms with Gasteiger partial charge < -0.3 is 15.0 Å². The molecule has 0 aliphatic carbocycles. The van der Waals surface area contributed by atoms with Gasteiger partial charge in [-0.25, -0.2) is 0 Å². The van der Waals surface area contributed by atoms with Gasteiger partial charge in [-0.3, -0.25) is 14.6 Å². The molecule has 2 amide bonds. The number of likely N-dealkylation sites (tertiary alicyclic amines) is 1. The second-order valence-electron chi connectivity index (χ2n) is 6.31. The molecule has 1 fully saturated rings. The second kappa shape index (κ2) is 8.99. The molecule has 1 aromatic carbocycles. The number of carbonyl (C=O) groups is 2. The number of benzene rings is 1. The number of ether oxygens (including phenoxy) is 1. The molecule has 136 valence electrons. The third-order valence-corrected chi connectivity index (χ3v) is 4.28. The highest BCUT2D eigenvalue weighted by atomic mass is 16.5. The summed E-state index contributed by atoms with van der Waals surface area (Å²) in [5.41, 5.74) is 0.487. The zero-order valence-corrected chi connectivity index (χ0v) is 14.7. The van der Waals surface area contributed by atoms with Crippen LogP contribution in [0.1, 0.15) is 32.1 Å². The van der Waals surface area contributed by atoms with Crippen molar-refractivity contribution in [2.75, 3.05) is 18.4 Å². The lowest BCUT2D eigenvalue weighted by molar-refractivity contribution is -0.135.